The number of nitrogens with one attached hydrogen (secondary N) is 1. The lowest BCUT2D eigenvalue weighted by atomic mass is 9.94. The molecule has 1 aromatic rings. The molecule has 5 nitrogen and oxygen atoms in total. The second-order valence-corrected chi connectivity index (χ2v) is 4.69. The van der Waals surface area contributed by atoms with E-state index in [2.05, 4.69) is 5.32 Å². The number of aliphatic hydroxyl groups excluding tert-OH is 2. The number of benzene rings is 1. The molecular formula is C14H21NO4. The van der Waals surface area contributed by atoms with Crippen LogP contribution in [0.1, 0.15) is 29.2 Å². The lowest BCUT2D eigenvalue weighted by Gasteiger charge is -2.24. The molecule has 5 heteroatoms. The van der Waals surface area contributed by atoms with Crippen molar-refractivity contribution in [1.29, 1.82) is 0 Å². The fourth-order valence-corrected chi connectivity index (χ4v) is 2.03. The molecule has 4 N–H and O–H groups in total. The zero-order valence-electron chi connectivity index (χ0n) is 11.3. The molecule has 0 radical (unpaired) electrons. The van der Waals surface area contributed by atoms with Gasteiger partial charge in [0.15, 0.2) is 0 Å². The Labute approximate surface area is 112 Å². The third-order valence-electron chi connectivity index (χ3n) is 3.05. The maximum Gasteiger partial charge on any atom is 0.305 e. The number of hydrogen-bond acceptors (Lipinski definition) is 4. The van der Waals surface area contributed by atoms with Crippen molar-refractivity contribution >= 4 is 5.97 Å². The summed E-state index contributed by atoms with van der Waals surface area (Å²) in [5.41, 5.74) is 2.65. The van der Waals surface area contributed by atoms with Gasteiger partial charge in [0.1, 0.15) is 0 Å². The molecule has 0 fully saturated rings. The maximum atomic E-state index is 10.8. The molecule has 0 aromatic heterocycles. The predicted octanol–water partition coefficient (Wildman–Crippen LogP) is 0.762. The molecule has 0 aliphatic heterocycles. The van der Waals surface area contributed by atoms with E-state index in [1.165, 1.54) is 0 Å². The van der Waals surface area contributed by atoms with Crippen molar-refractivity contribution in [3.63, 3.8) is 0 Å². The Morgan fingerprint density at radius 3 is 2.63 bits per heavy atom. The van der Waals surface area contributed by atoms with Crippen molar-refractivity contribution in [3.05, 3.63) is 34.9 Å². The zero-order valence-corrected chi connectivity index (χ0v) is 11.3. The average Bonchev–Trinajstić information content (AvgIpc) is 2.36. The van der Waals surface area contributed by atoms with Gasteiger partial charge in [0.2, 0.25) is 0 Å². The Bertz CT molecular complexity index is 433. The fraction of sp³-hybridized carbons (Fsp3) is 0.500. The van der Waals surface area contributed by atoms with E-state index in [0.29, 0.717) is 0 Å². The van der Waals surface area contributed by atoms with Gasteiger partial charge in [-0.2, -0.15) is 0 Å². The van der Waals surface area contributed by atoms with Gasteiger partial charge in [0.05, 0.1) is 19.1 Å². The predicted molar refractivity (Wildman–Crippen MR) is 72.0 cm³/mol. The largest absolute Gasteiger partial charge is 0.481 e. The first-order valence-electron chi connectivity index (χ1n) is 6.27. The number of hydrogen-bond donors (Lipinski definition) is 4. The van der Waals surface area contributed by atoms with Gasteiger partial charge in [-0.15, -0.1) is 0 Å². The lowest BCUT2D eigenvalue weighted by Crippen LogP contribution is -2.38. The highest BCUT2D eigenvalue weighted by atomic mass is 16.4. The number of carboxylic acid groups (broad SMARTS) is 1. The quantitative estimate of drug-likeness (QED) is 0.585. The van der Waals surface area contributed by atoms with E-state index in [4.69, 9.17) is 10.2 Å². The summed E-state index contributed by atoms with van der Waals surface area (Å²) in [4.78, 5) is 10.8. The van der Waals surface area contributed by atoms with Crippen LogP contribution in [0.4, 0.5) is 0 Å². The average molecular weight is 267 g/mol. The van der Waals surface area contributed by atoms with Gasteiger partial charge in [0.25, 0.3) is 0 Å². The summed E-state index contributed by atoms with van der Waals surface area (Å²) >= 11 is 0. The van der Waals surface area contributed by atoms with Crippen LogP contribution in [0.5, 0.6) is 0 Å². The van der Waals surface area contributed by atoms with Crippen LogP contribution in [0.3, 0.4) is 0 Å². The molecule has 1 rings (SSSR count). The highest BCUT2D eigenvalue weighted by Gasteiger charge is 2.24. The van der Waals surface area contributed by atoms with Crippen LogP contribution in [0.15, 0.2) is 18.2 Å². The van der Waals surface area contributed by atoms with E-state index >= 15 is 0 Å². The molecule has 0 spiro atoms. The maximum absolute atomic E-state index is 10.8. The van der Waals surface area contributed by atoms with Gasteiger partial charge in [-0.1, -0.05) is 23.8 Å². The highest BCUT2D eigenvalue weighted by molar-refractivity contribution is 5.67. The molecule has 0 saturated heterocycles. The van der Waals surface area contributed by atoms with Crippen molar-refractivity contribution in [2.75, 3.05) is 13.2 Å². The van der Waals surface area contributed by atoms with Crippen molar-refractivity contribution < 1.29 is 20.1 Å². The fourth-order valence-electron chi connectivity index (χ4n) is 2.03. The van der Waals surface area contributed by atoms with E-state index in [1.54, 1.807) is 0 Å². The zero-order chi connectivity index (χ0) is 14.4. The Morgan fingerprint density at radius 1 is 1.37 bits per heavy atom. The summed E-state index contributed by atoms with van der Waals surface area (Å²) in [5.74, 6) is -0.986. The van der Waals surface area contributed by atoms with Crippen molar-refractivity contribution in [1.82, 2.24) is 5.32 Å². The molecule has 0 amide bonds. The van der Waals surface area contributed by atoms with Crippen LogP contribution in [-0.2, 0) is 4.79 Å². The van der Waals surface area contributed by atoms with Crippen LogP contribution in [0, 0.1) is 13.8 Å². The number of aryl methyl sites for hydroxylation is 2. The van der Waals surface area contributed by atoms with Gasteiger partial charge >= 0.3 is 5.97 Å². The van der Waals surface area contributed by atoms with Gasteiger partial charge < -0.3 is 20.6 Å². The second-order valence-electron chi connectivity index (χ2n) is 4.69. The molecule has 0 bridgehead atoms. The number of aliphatic carboxylic acids is 1. The molecular weight excluding hydrogens is 246 g/mol. The van der Waals surface area contributed by atoms with Crippen molar-refractivity contribution in [2.24, 2.45) is 0 Å². The number of carboxylic acids is 1. The molecule has 0 saturated carbocycles. The first-order valence-corrected chi connectivity index (χ1v) is 6.27. The molecule has 19 heavy (non-hydrogen) atoms. The first kappa shape index (κ1) is 15.6. The highest BCUT2D eigenvalue weighted by Crippen LogP contribution is 2.23. The lowest BCUT2D eigenvalue weighted by molar-refractivity contribution is -0.138. The summed E-state index contributed by atoms with van der Waals surface area (Å²) in [7, 11) is 0. The normalized spacial score (nSPS) is 14.1. The summed E-state index contributed by atoms with van der Waals surface area (Å²) in [6.45, 7) is 3.94. The number of carbonyl (C=O) groups is 1. The van der Waals surface area contributed by atoms with Crippen LogP contribution in [-0.4, -0.2) is 40.5 Å². The van der Waals surface area contributed by atoms with Gasteiger partial charge in [-0.3, -0.25) is 4.79 Å². The van der Waals surface area contributed by atoms with Gasteiger partial charge in [-0.05, 0) is 25.0 Å². The minimum atomic E-state index is -0.986. The third-order valence-corrected chi connectivity index (χ3v) is 3.05. The van der Waals surface area contributed by atoms with Crippen LogP contribution < -0.4 is 5.32 Å². The Hall–Kier alpha value is -1.43. The molecule has 2 atom stereocenters. The van der Waals surface area contributed by atoms with E-state index in [0.717, 1.165) is 16.7 Å². The molecule has 1 aromatic carbocycles. The SMILES string of the molecule is Cc1ccc(C)c(C(O)C(CC(=O)O)NCCO)c1. The van der Waals surface area contributed by atoms with E-state index in [9.17, 15) is 9.90 Å². The van der Waals surface area contributed by atoms with Crippen molar-refractivity contribution in [2.45, 2.75) is 32.4 Å². The van der Waals surface area contributed by atoms with E-state index in [-0.39, 0.29) is 19.6 Å². The van der Waals surface area contributed by atoms with Crippen LogP contribution >= 0.6 is 0 Å². The molecule has 0 aliphatic rings. The Balaban J connectivity index is 2.93. The standard InChI is InChI=1S/C14H21NO4/c1-9-3-4-10(2)11(7-9)14(19)12(8-13(17)18)15-5-6-16/h3-4,7,12,14-16,19H,5-6,8H2,1-2H3,(H,17,18). The Morgan fingerprint density at radius 2 is 2.05 bits per heavy atom. The summed E-state index contributed by atoms with van der Waals surface area (Å²) in [6.07, 6.45) is -1.11. The van der Waals surface area contributed by atoms with Gasteiger partial charge in [0, 0.05) is 12.6 Å². The molecule has 106 valence electrons. The minimum Gasteiger partial charge on any atom is -0.481 e. The van der Waals surface area contributed by atoms with Crippen molar-refractivity contribution in [3.8, 4) is 0 Å². The third kappa shape index (κ3) is 4.63. The van der Waals surface area contributed by atoms with E-state index < -0.39 is 18.1 Å². The summed E-state index contributed by atoms with van der Waals surface area (Å²) < 4.78 is 0. The van der Waals surface area contributed by atoms with Crippen LogP contribution in [0.25, 0.3) is 0 Å². The summed E-state index contributed by atoms with van der Waals surface area (Å²) in [5, 5.41) is 30.9. The Kier molecular flexibility index (Phi) is 5.95. The first-order chi connectivity index (χ1) is 8.95. The van der Waals surface area contributed by atoms with Gasteiger partial charge in [-0.25, -0.2) is 0 Å². The number of aliphatic hydroxyl groups is 2. The summed E-state index contributed by atoms with van der Waals surface area (Å²) in [6, 6.07) is 5.08. The van der Waals surface area contributed by atoms with Crippen LogP contribution in [0.2, 0.25) is 0 Å². The van der Waals surface area contributed by atoms with E-state index in [1.807, 2.05) is 32.0 Å². The smallest absolute Gasteiger partial charge is 0.305 e. The second kappa shape index (κ2) is 7.23. The molecule has 0 aliphatic carbocycles. The topological polar surface area (TPSA) is 89.8 Å². The number of rotatable bonds is 7. The minimum absolute atomic E-state index is 0.102. The molecule has 2 unspecified atom stereocenters. The monoisotopic (exact) mass is 267 g/mol. The molecule has 0 heterocycles.